The minimum atomic E-state index is 0.218. The van der Waals surface area contributed by atoms with Gasteiger partial charge in [-0.2, -0.15) is 0 Å². The minimum absolute atomic E-state index is 0.218. The van der Waals surface area contributed by atoms with E-state index in [2.05, 4.69) is 36.8 Å². The molecule has 0 spiro atoms. The van der Waals surface area contributed by atoms with Crippen LogP contribution in [0.4, 0.5) is 0 Å². The maximum Gasteiger partial charge on any atom is 0.178 e. The molecule has 0 saturated carbocycles. The quantitative estimate of drug-likeness (QED) is 0.755. The molecule has 1 saturated heterocycles. The molecular weight excluding hydrogens is 354 g/mol. The van der Waals surface area contributed by atoms with Gasteiger partial charge in [-0.15, -0.1) is 11.3 Å². The van der Waals surface area contributed by atoms with Gasteiger partial charge in [0.1, 0.15) is 0 Å². The van der Waals surface area contributed by atoms with Crippen LogP contribution in [0.3, 0.4) is 0 Å². The summed E-state index contributed by atoms with van der Waals surface area (Å²) in [5.41, 5.74) is 0.808. The molecule has 2 heterocycles. The van der Waals surface area contributed by atoms with Crippen LogP contribution in [0.5, 0.6) is 0 Å². The van der Waals surface area contributed by atoms with Crippen molar-refractivity contribution in [2.75, 3.05) is 19.6 Å². The number of piperidine rings is 1. The molecule has 88 valence electrons. The highest BCUT2D eigenvalue weighted by Crippen LogP contribution is 2.32. The number of carbonyl (C=O) groups is 1. The van der Waals surface area contributed by atoms with E-state index in [0.717, 1.165) is 26.2 Å². The molecule has 0 aliphatic carbocycles. The van der Waals surface area contributed by atoms with Gasteiger partial charge in [-0.1, -0.05) is 6.42 Å². The van der Waals surface area contributed by atoms with E-state index in [-0.39, 0.29) is 5.78 Å². The summed E-state index contributed by atoms with van der Waals surface area (Å²) in [4.78, 5) is 14.3. The number of ketones is 1. The van der Waals surface area contributed by atoms with Crippen molar-refractivity contribution in [2.24, 2.45) is 0 Å². The van der Waals surface area contributed by atoms with E-state index in [0.29, 0.717) is 6.54 Å². The second-order valence-corrected chi connectivity index (χ2v) is 7.75. The van der Waals surface area contributed by atoms with E-state index in [1.54, 1.807) is 11.3 Å². The molecular formula is C11H13Br2NOS. The lowest BCUT2D eigenvalue weighted by molar-refractivity contribution is 0.0915. The van der Waals surface area contributed by atoms with Crippen LogP contribution in [0.2, 0.25) is 0 Å². The molecule has 5 heteroatoms. The summed E-state index contributed by atoms with van der Waals surface area (Å²) in [5, 5.41) is 0. The van der Waals surface area contributed by atoms with Gasteiger partial charge in [0.05, 0.1) is 14.1 Å². The van der Waals surface area contributed by atoms with Crippen molar-refractivity contribution < 1.29 is 4.79 Å². The average Bonchev–Trinajstić information content (AvgIpc) is 2.59. The van der Waals surface area contributed by atoms with Crippen LogP contribution in [-0.2, 0) is 0 Å². The molecule has 0 unspecified atom stereocenters. The second-order valence-electron chi connectivity index (χ2n) is 4.00. The molecule has 2 rings (SSSR count). The van der Waals surface area contributed by atoms with Crippen molar-refractivity contribution in [1.82, 2.24) is 4.90 Å². The van der Waals surface area contributed by atoms with Crippen LogP contribution in [-0.4, -0.2) is 30.3 Å². The van der Waals surface area contributed by atoms with E-state index in [9.17, 15) is 4.79 Å². The summed E-state index contributed by atoms with van der Waals surface area (Å²) in [6.45, 7) is 2.69. The average molecular weight is 367 g/mol. The molecule has 0 atom stereocenters. The maximum atomic E-state index is 12.1. The maximum absolute atomic E-state index is 12.1. The number of halogens is 2. The van der Waals surface area contributed by atoms with Gasteiger partial charge in [0.2, 0.25) is 0 Å². The number of hydrogen-bond acceptors (Lipinski definition) is 3. The second kappa shape index (κ2) is 5.76. The van der Waals surface area contributed by atoms with Crippen LogP contribution in [0, 0.1) is 0 Å². The number of hydrogen-bond donors (Lipinski definition) is 0. The zero-order valence-corrected chi connectivity index (χ0v) is 12.8. The van der Waals surface area contributed by atoms with E-state index < -0.39 is 0 Å². The molecule has 16 heavy (non-hydrogen) atoms. The number of thiophene rings is 1. The molecule has 0 bridgehead atoms. The van der Waals surface area contributed by atoms with Crippen LogP contribution in [0.1, 0.15) is 29.6 Å². The number of carbonyl (C=O) groups excluding carboxylic acids is 1. The number of Topliss-reactive ketones (excluding diaryl/α,β-unsaturated/α-hetero) is 1. The van der Waals surface area contributed by atoms with Crippen molar-refractivity contribution in [3.8, 4) is 0 Å². The molecule has 1 aliphatic rings. The molecule has 2 nitrogen and oxygen atoms in total. The van der Waals surface area contributed by atoms with Crippen LogP contribution in [0.25, 0.3) is 0 Å². The Kier molecular flexibility index (Phi) is 4.58. The van der Waals surface area contributed by atoms with Crippen molar-refractivity contribution in [3.63, 3.8) is 0 Å². The molecule has 1 aromatic heterocycles. The van der Waals surface area contributed by atoms with Gasteiger partial charge in [0, 0.05) is 5.56 Å². The Bertz CT molecular complexity index is 385. The monoisotopic (exact) mass is 365 g/mol. The highest BCUT2D eigenvalue weighted by atomic mass is 79.9. The molecule has 1 fully saturated rings. The largest absolute Gasteiger partial charge is 0.296 e. The Balaban J connectivity index is 1.99. The predicted octanol–water partition coefficient (Wildman–Crippen LogP) is 3.94. The molecule has 1 aliphatic heterocycles. The van der Waals surface area contributed by atoms with Gasteiger partial charge in [-0.3, -0.25) is 9.69 Å². The van der Waals surface area contributed by atoms with E-state index in [1.165, 1.54) is 19.3 Å². The SMILES string of the molecule is O=C(CN1CCCCC1)c1cc(Br)sc1Br. The Labute approximate surface area is 116 Å². The van der Waals surface area contributed by atoms with Crippen LogP contribution < -0.4 is 0 Å². The summed E-state index contributed by atoms with van der Waals surface area (Å²) in [6, 6.07) is 1.90. The van der Waals surface area contributed by atoms with Gasteiger partial charge in [0.25, 0.3) is 0 Å². The number of likely N-dealkylation sites (tertiary alicyclic amines) is 1. The van der Waals surface area contributed by atoms with Gasteiger partial charge in [0.15, 0.2) is 5.78 Å². The first-order valence-corrected chi connectivity index (χ1v) is 7.77. The summed E-state index contributed by atoms with van der Waals surface area (Å²) in [7, 11) is 0. The molecule has 0 aromatic carbocycles. The summed E-state index contributed by atoms with van der Waals surface area (Å²) in [5.74, 6) is 0.218. The fourth-order valence-corrected chi connectivity index (χ4v) is 4.79. The Morgan fingerprint density at radius 3 is 2.56 bits per heavy atom. The third kappa shape index (κ3) is 3.15. The fraction of sp³-hybridized carbons (Fsp3) is 0.545. The predicted molar refractivity (Wildman–Crippen MR) is 74.3 cm³/mol. The van der Waals surface area contributed by atoms with E-state index >= 15 is 0 Å². The summed E-state index contributed by atoms with van der Waals surface area (Å²) < 4.78 is 1.93. The highest BCUT2D eigenvalue weighted by molar-refractivity contribution is 9.12. The first-order valence-electron chi connectivity index (χ1n) is 5.37. The Hall–Kier alpha value is 0.290. The number of nitrogens with zero attached hydrogens (tertiary/aromatic N) is 1. The van der Waals surface area contributed by atoms with Gasteiger partial charge in [-0.25, -0.2) is 0 Å². The van der Waals surface area contributed by atoms with Crippen LogP contribution >= 0.6 is 43.2 Å². The highest BCUT2D eigenvalue weighted by Gasteiger charge is 2.18. The Morgan fingerprint density at radius 2 is 2.00 bits per heavy atom. The zero-order chi connectivity index (χ0) is 11.5. The molecule has 0 N–H and O–H groups in total. The van der Waals surface area contributed by atoms with Crippen molar-refractivity contribution >= 4 is 49.0 Å². The Morgan fingerprint density at radius 1 is 1.31 bits per heavy atom. The lowest BCUT2D eigenvalue weighted by Gasteiger charge is -2.25. The standard InChI is InChI=1S/C11H13Br2NOS/c12-10-6-8(11(13)16-10)9(15)7-14-4-2-1-3-5-14/h6H,1-5,7H2. The normalized spacial score (nSPS) is 17.6. The third-order valence-corrected chi connectivity index (χ3v) is 5.11. The first kappa shape index (κ1) is 12.7. The van der Waals surface area contributed by atoms with E-state index in [4.69, 9.17) is 0 Å². The lowest BCUT2D eigenvalue weighted by atomic mass is 10.1. The van der Waals surface area contributed by atoms with E-state index in [1.807, 2.05) is 6.07 Å². The van der Waals surface area contributed by atoms with Crippen molar-refractivity contribution in [3.05, 3.63) is 19.2 Å². The van der Waals surface area contributed by atoms with Crippen molar-refractivity contribution in [1.29, 1.82) is 0 Å². The third-order valence-electron chi connectivity index (χ3n) is 2.77. The topological polar surface area (TPSA) is 20.3 Å². The van der Waals surface area contributed by atoms with Gasteiger partial charge >= 0.3 is 0 Å². The minimum Gasteiger partial charge on any atom is -0.296 e. The molecule has 0 amide bonds. The zero-order valence-electron chi connectivity index (χ0n) is 8.84. The first-order chi connectivity index (χ1) is 7.66. The smallest absolute Gasteiger partial charge is 0.178 e. The molecule has 1 aromatic rings. The van der Waals surface area contributed by atoms with Gasteiger partial charge in [-0.05, 0) is 63.9 Å². The summed E-state index contributed by atoms with van der Waals surface area (Å²) >= 11 is 8.38. The number of rotatable bonds is 3. The van der Waals surface area contributed by atoms with Crippen LogP contribution in [0.15, 0.2) is 13.6 Å². The summed E-state index contributed by atoms with van der Waals surface area (Å²) in [6.07, 6.45) is 3.75. The lowest BCUT2D eigenvalue weighted by Crippen LogP contribution is -2.34. The molecule has 0 radical (unpaired) electrons. The van der Waals surface area contributed by atoms with Gasteiger partial charge < -0.3 is 0 Å². The fourth-order valence-electron chi connectivity index (χ4n) is 1.94. The van der Waals surface area contributed by atoms with Crippen molar-refractivity contribution in [2.45, 2.75) is 19.3 Å².